The molecule has 4 nitrogen and oxygen atoms in total. The van der Waals surface area contributed by atoms with E-state index in [0.717, 1.165) is 46.4 Å². The molecule has 0 bridgehead atoms. The molecule has 0 spiro atoms. The number of rotatable bonds is 11. The number of benzene rings is 3. The van der Waals surface area contributed by atoms with Gasteiger partial charge >= 0.3 is 0 Å². The van der Waals surface area contributed by atoms with Crippen LogP contribution >= 0.6 is 35.0 Å². The summed E-state index contributed by atoms with van der Waals surface area (Å²) >= 11 is 14.3. The van der Waals surface area contributed by atoms with Crippen molar-refractivity contribution in [1.29, 1.82) is 0 Å². The highest BCUT2D eigenvalue weighted by atomic mass is 35.5. The summed E-state index contributed by atoms with van der Waals surface area (Å²) in [7, 11) is 8.01. The van der Waals surface area contributed by atoms with E-state index in [4.69, 9.17) is 32.9 Å². The monoisotopic (exact) mass is 618 g/mol. The number of halogens is 4. The van der Waals surface area contributed by atoms with Crippen molar-refractivity contribution in [3.63, 3.8) is 0 Å². The maximum absolute atomic E-state index is 15.3. The molecule has 0 N–H and O–H groups in total. The number of methoxy groups -OCH3 is 1. The highest BCUT2D eigenvalue weighted by molar-refractivity contribution is 7.98. The van der Waals surface area contributed by atoms with Crippen molar-refractivity contribution in [2.24, 2.45) is 0 Å². The zero-order chi connectivity index (χ0) is 29.9. The van der Waals surface area contributed by atoms with Gasteiger partial charge in [-0.3, -0.25) is 4.57 Å². The summed E-state index contributed by atoms with van der Waals surface area (Å²) in [5.74, 6) is 0.211. The number of aromatic nitrogens is 2. The number of thioether (sulfide) groups is 1. The van der Waals surface area contributed by atoms with Crippen LogP contribution in [0.5, 0.6) is 5.75 Å². The molecule has 0 saturated heterocycles. The zero-order valence-electron chi connectivity index (χ0n) is 24.3. The van der Waals surface area contributed by atoms with E-state index in [1.165, 1.54) is 23.9 Å². The van der Waals surface area contributed by atoms with Crippen LogP contribution < -0.4 is 4.74 Å². The molecule has 0 aliphatic rings. The summed E-state index contributed by atoms with van der Waals surface area (Å²) < 4.78 is 37.4. The first-order chi connectivity index (χ1) is 19.3. The standard InChI is InChI=1S/C32H36Cl2F2N3OS/c1-32(2,22-9-14-26(33)29(18-22)40-6)30-19-37-31(38(30)24-12-10-23(35)11-13-24)41-20-25-27(34)16-21(17-28(25)36)8-7-15-39(3,4)5/h9-14,16-19H,7-8,15,20H2,1-6H3/q+1. The molecule has 0 atom stereocenters. The van der Waals surface area contributed by atoms with Crippen molar-refractivity contribution in [3.8, 4) is 11.4 Å². The molecule has 9 heteroatoms. The van der Waals surface area contributed by atoms with Crippen molar-refractivity contribution in [2.45, 2.75) is 43.0 Å². The largest absolute Gasteiger partial charge is 0.495 e. The second-order valence-corrected chi connectivity index (χ2v) is 13.4. The van der Waals surface area contributed by atoms with Crippen LogP contribution in [0.15, 0.2) is 66.0 Å². The van der Waals surface area contributed by atoms with Crippen LogP contribution in [-0.4, -0.2) is 48.8 Å². The zero-order valence-corrected chi connectivity index (χ0v) is 26.6. The predicted octanol–water partition coefficient (Wildman–Crippen LogP) is 8.72. The Kier molecular flexibility index (Phi) is 9.74. The summed E-state index contributed by atoms with van der Waals surface area (Å²) in [5.41, 5.74) is 3.38. The summed E-state index contributed by atoms with van der Waals surface area (Å²) in [6.45, 7) is 5.15. The van der Waals surface area contributed by atoms with Crippen LogP contribution in [0, 0.1) is 11.6 Å². The fraction of sp³-hybridized carbons (Fsp3) is 0.344. The van der Waals surface area contributed by atoms with Gasteiger partial charge in [0.2, 0.25) is 0 Å². The topological polar surface area (TPSA) is 27.1 Å². The van der Waals surface area contributed by atoms with Crippen molar-refractivity contribution in [2.75, 3.05) is 34.8 Å². The maximum Gasteiger partial charge on any atom is 0.173 e. The molecule has 0 saturated carbocycles. The van der Waals surface area contributed by atoms with Gasteiger partial charge in [0.1, 0.15) is 17.4 Å². The van der Waals surface area contributed by atoms with E-state index in [9.17, 15) is 4.39 Å². The van der Waals surface area contributed by atoms with Crippen molar-refractivity contribution in [3.05, 3.63) is 105 Å². The number of hydrogen-bond acceptors (Lipinski definition) is 3. The molecule has 0 radical (unpaired) electrons. The van der Waals surface area contributed by atoms with Gasteiger partial charge in [0.25, 0.3) is 0 Å². The van der Waals surface area contributed by atoms with E-state index in [0.29, 0.717) is 26.5 Å². The number of ether oxygens (including phenoxy) is 1. The molecule has 218 valence electrons. The highest BCUT2D eigenvalue weighted by Crippen LogP contribution is 2.39. The van der Waals surface area contributed by atoms with Crippen LogP contribution in [0.3, 0.4) is 0 Å². The molecular weight excluding hydrogens is 583 g/mol. The summed E-state index contributed by atoms with van der Waals surface area (Å²) in [6, 6.07) is 15.4. The van der Waals surface area contributed by atoms with Gasteiger partial charge in [-0.1, -0.05) is 54.9 Å². The maximum atomic E-state index is 15.3. The van der Waals surface area contributed by atoms with Crippen molar-refractivity contribution >= 4 is 35.0 Å². The SMILES string of the molecule is COc1cc(C(C)(C)c2cnc(SCc3c(F)cc(CCC[N+](C)(C)C)cc3Cl)n2-c2ccc(F)cc2)ccc1Cl. The highest BCUT2D eigenvalue weighted by Gasteiger charge is 2.30. The Morgan fingerprint density at radius 2 is 1.68 bits per heavy atom. The van der Waals surface area contributed by atoms with Gasteiger partial charge in [-0.25, -0.2) is 13.8 Å². The third kappa shape index (κ3) is 7.44. The van der Waals surface area contributed by atoms with Crippen LogP contribution in [0.2, 0.25) is 10.0 Å². The first-order valence-corrected chi connectivity index (χ1v) is 15.1. The van der Waals surface area contributed by atoms with Gasteiger partial charge in [-0.2, -0.15) is 0 Å². The second-order valence-electron chi connectivity index (χ2n) is 11.7. The number of imidazole rings is 1. The molecule has 0 unspecified atom stereocenters. The molecule has 4 aromatic rings. The Morgan fingerprint density at radius 3 is 2.32 bits per heavy atom. The minimum atomic E-state index is -0.533. The van der Waals surface area contributed by atoms with Crippen molar-refractivity contribution in [1.82, 2.24) is 9.55 Å². The lowest BCUT2D eigenvalue weighted by Crippen LogP contribution is -2.35. The summed E-state index contributed by atoms with van der Waals surface area (Å²) in [6.07, 6.45) is 3.52. The van der Waals surface area contributed by atoms with Crippen LogP contribution in [0.4, 0.5) is 8.78 Å². The number of quaternary nitrogens is 1. The van der Waals surface area contributed by atoms with E-state index in [2.05, 4.69) is 35.0 Å². The molecule has 1 aromatic heterocycles. The molecular formula is C32H36Cl2F2N3OS+. The fourth-order valence-corrected chi connectivity index (χ4v) is 6.34. The Bertz CT molecular complexity index is 1490. The lowest BCUT2D eigenvalue weighted by atomic mass is 9.81. The molecule has 0 aliphatic carbocycles. The molecule has 1 heterocycles. The minimum absolute atomic E-state index is 0.288. The average molecular weight is 620 g/mol. The van der Waals surface area contributed by atoms with E-state index in [1.54, 1.807) is 25.3 Å². The lowest BCUT2D eigenvalue weighted by Gasteiger charge is -2.28. The third-order valence-electron chi connectivity index (χ3n) is 7.17. The van der Waals surface area contributed by atoms with Gasteiger partial charge in [0.05, 0.1) is 51.7 Å². The van der Waals surface area contributed by atoms with Crippen molar-refractivity contribution < 1.29 is 18.0 Å². The molecule has 4 rings (SSSR count). The molecule has 0 fully saturated rings. The van der Waals surface area contributed by atoms with Gasteiger partial charge in [0, 0.05) is 33.9 Å². The smallest absolute Gasteiger partial charge is 0.173 e. The Labute approximate surface area is 255 Å². The van der Waals surface area contributed by atoms with E-state index >= 15 is 4.39 Å². The normalized spacial score (nSPS) is 12.1. The number of nitrogens with zero attached hydrogens (tertiary/aromatic N) is 3. The van der Waals surface area contributed by atoms with Crippen LogP contribution in [-0.2, 0) is 17.6 Å². The van der Waals surface area contributed by atoms with Gasteiger partial charge < -0.3 is 9.22 Å². The predicted molar refractivity (Wildman–Crippen MR) is 166 cm³/mol. The van der Waals surface area contributed by atoms with E-state index in [1.807, 2.05) is 35.0 Å². The lowest BCUT2D eigenvalue weighted by molar-refractivity contribution is -0.870. The molecule has 0 amide bonds. The fourth-order valence-electron chi connectivity index (χ4n) is 4.75. The summed E-state index contributed by atoms with van der Waals surface area (Å²) in [4.78, 5) is 4.73. The summed E-state index contributed by atoms with van der Waals surface area (Å²) in [5, 5.41) is 1.57. The quantitative estimate of drug-likeness (QED) is 0.124. The second kappa shape index (κ2) is 12.7. The van der Waals surface area contributed by atoms with Gasteiger partial charge in [-0.15, -0.1) is 0 Å². The number of aryl methyl sites for hydroxylation is 1. The van der Waals surface area contributed by atoms with Gasteiger partial charge in [-0.05, 0) is 66.1 Å². The van der Waals surface area contributed by atoms with Gasteiger partial charge in [0.15, 0.2) is 5.16 Å². The Balaban J connectivity index is 1.66. The number of hydrogen-bond donors (Lipinski definition) is 0. The van der Waals surface area contributed by atoms with E-state index in [-0.39, 0.29) is 17.4 Å². The third-order valence-corrected chi connectivity index (χ3v) is 8.80. The first-order valence-electron chi connectivity index (χ1n) is 13.4. The van der Waals surface area contributed by atoms with E-state index < -0.39 is 5.41 Å². The average Bonchev–Trinajstić information content (AvgIpc) is 3.33. The molecule has 0 aliphatic heterocycles. The Hall–Kier alpha value is -2.58. The molecule has 3 aromatic carbocycles. The first kappa shape index (κ1) is 31.4. The Morgan fingerprint density at radius 1 is 0.976 bits per heavy atom. The van der Waals surface area contributed by atoms with Crippen LogP contribution in [0.25, 0.3) is 5.69 Å². The molecule has 41 heavy (non-hydrogen) atoms. The van der Waals surface area contributed by atoms with Crippen LogP contribution in [0.1, 0.15) is 42.7 Å². The minimum Gasteiger partial charge on any atom is -0.495 e.